The van der Waals surface area contributed by atoms with Crippen molar-refractivity contribution in [1.29, 1.82) is 5.26 Å². The molecular weight excluding hydrogens is 630 g/mol. The van der Waals surface area contributed by atoms with E-state index in [1.165, 1.54) is 24.3 Å². The van der Waals surface area contributed by atoms with Crippen LogP contribution in [0.1, 0.15) is 22.3 Å². The molecule has 0 bridgehead atoms. The molecule has 48 heavy (non-hydrogen) atoms. The van der Waals surface area contributed by atoms with Crippen molar-refractivity contribution < 1.29 is 26.3 Å². The monoisotopic (exact) mass is 648 g/mol. The lowest BCUT2D eigenvalue weighted by atomic mass is 9.96. The Hall–Kier alpha value is -6.14. The Morgan fingerprint density at radius 2 is 1.25 bits per heavy atom. The molecule has 0 unspecified atom stereocenters. The van der Waals surface area contributed by atoms with Crippen molar-refractivity contribution in [3.63, 3.8) is 0 Å². The number of halogens is 6. The highest BCUT2D eigenvalue weighted by molar-refractivity contribution is 6.15. The molecule has 12 heteroatoms. The van der Waals surface area contributed by atoms with Gasteiger partial charge in [-0.25, -0.2) is 9.97 Å². The predicted octanol–water partition coefficient (Wildman–Crippen LogP) is 9.07. The molecule has 0 aliphatic rings. The highest BCUT2D eigenvalue weighted by Crippen LogP contribution is 2.39. The molecule has 1 aromatic heterocycles. The summed E-state index contributed by atoms with van der Waals surface area (Å²) in [4.78, 5) is 16.9. The van der Waals surface area contributed by atoms with Crippen LogP contribution in [0, 0.1) is 31.9 Å². The van der Waals surface area contributed by atoms with Crippen LogP contribution in [0.4, 0.5) is 26.3 Å². The van der Waals surface area contributed by atoms with E-state index >= 15 is 0 Å². The third-order valence-corrected chi connectivity index (χ3v) is 8.37. The summed E-state index contributed by atoms with van der Waals surface area (Å²) in [6, 6.07) is 17.4. The van der Waals surface area contributed by atoms with Gasteiger partial charge in [0.05, 0.1) is 27.3 Å². The summed E-state index contributed by atoms with van der Waals surface area (Å²) in [5.41, 5.74) is 1.84. The summed E-state index contributed by atoms with van der Waals surface area (Å²) in [6.45, 7) is 10.6. The Bertz CT molecular complexity index is 2700. The molecule has 234 valence electrons. The Labute approximate surface area is 267 Å². The molecule has 0 saturated carbocycles. The van der Waals surface area contributed by atoms with Crippen molar-refractivity contribution >= 4 is 43.6 Å². The zero-order valence-electron chi connectivity index (χ0n) is 24.9. The molecule has 0 amide bonds. The van der Waals surface area contributed by atoms with Gasteiger partial charge in [0.25, 0.3) is 0 Å². The second-order valence-corrected chi connectivity index (χ2v) is 11.3. The van der Waals surface area contributed by atoms with Crippen molar-refractivity contribution in [2.24, 2.45) is 10.1 Å². The number of alkyl halides is 6. The number of rotatable bonds is 2. The van der Waals surface area contributed by atoms with Crippen molar-refractivity contribution in [2.45, 2.75) is 26.2 Å². The molecule has 0 N–H and O–H groups in total. The maximum Gasteiger partial charge on any atom is 0.417 e. The summed E-state index contributed by atoms with van der Waals surface area (Å²) < 4.78 is 81.8. The molecule has 6 nitrogen and oxygen atoms in total. The Kier molecular flexibility index (Phi) is 6.81. The minimum Gasteiger partial charge on any atom is -0.241 e. The summed E-state index contributed by atoms with van der Waals surface area (Å²) >= 11 is 0. The van der Waals surface area contributed by atoms with Crippen LogP contribution in [-0.2, 0) is 12.4 Å². The molecule has 0 spiro atoms. The van der Waals surface area contributed by atoms with E-state index in [0.29, 0.717) is 54.8 Å². The highest BCUT2D eigenvalue weighted by Gasteiger charge is 2.34. The smallest absolute Gasteiger partial charge is 0.241 e. The highest BCUT2D eigenvalue weighted by atomic mass is 19.4. The summed E-state index contributed by atoms with van der Waals surface area (Å²) in [5, 5.41) is 15.8. The van der Waals surface area contributed by atoms with Crippen LogP contribution >= 0.6 is 0 Å². The van der Waals surface area contributed by atoms with Crippen LogP contribution in [0.15, 0.2) is 82.9 Å². The van der Waals surface area contributed by atoms with Gasteiger partial charge < -0.3 is 0 Å². The summed E-state index contributed by atoms with van der Waals surface area (Å²) in [5.74, 6) is 0. The van der Waals surface area contributed by atoms with Crippen LogP contribution in [0.25, 0.3) is 70.8 Å². The van der Waals surface area contributed by atoms with Gasteiger partial charge in [-0.2, -0.15) is 43.2 Å². The largest absolute Gasteiger partial charge is 0.417 e. The predicted molar refractivity (Wildman–Crippen MR) is 168 cm³/mol. The van der Waals surface area contributed by atoms with Crippen molar-refractivity contribution in [2.75, 3.05) is 0 Å². The van der Waals surface area contributed by atoms with Gasteiger partial charge in [-0.15, -0.1) is 4.95 Å². The molecule has 0 atom stereocenters. The topological polar surface area (TPSA) is 78.6 Å². The molecule has 0 aliphatic heterocycles. The van der Waals surface area contributed by atoms with E-state index in [9.17, 15) is 31.6 Å². The minimum absolute atomic E-state index is 0.0334. The fourth-order valence-electron chi connectivity index (χ4n) is 6.25. The lowest BCUT2D eigenvalue weighted by Gasteiger charge is -2.14. The zero-order chi connectivity index (χ0) is 34.1. The Morgan fingerprint density at radius 1 is 0.667 bits per heavy atom. The van der Waals surface area contributed by atoms with Gasteiger partial charge in [0.15, 0.2) is 5.36 Å². The Balaban J connectivity index is 1.49. The van der Waals surface area contributed by atoms with Gasteiger partial charge in [0.2, 0.25) is 6.19 Å². The van der Waals surface area contributed by atoms with Gasteiger partial charge in [-0.05, 0) is 72.0 Å². The molecule has 7 aromatic rings. The van der Waals surface area contributed by atoms with Crippen LogP contribution in [0.3, 0.4) is 0 Å². The van der Waals surface area contributed by atoms with E-state index in [0.717, 1.165) is 18.2 Å². The Morgan fingerprint density at radius 3 is 1.81 bits per heavy atom. The molecule has 7 rings (SSSR count). The van der Waals surface area contributed by atoms with Crippen LogP contribution < -0.4 is 10.7 Å². The van der Waals surface area contributed by atoms with Gasteiger partial charge in [0, 0.05) is 21.5 Å². The van der Waals surface area contributed by atoms with E-state index in [2.05, 4.69) is 15.0 Å². The van der Waals surface area contributed by atoms with Crippen LogP contribution in [0.2, 0.25) is 0 Å². The summed E-state index contributed by atoms with van der Waals surface area (Å²) in [7, 11) is 0. The van der Waals surface area contributed by atoms with E-state index in [-0.39, 0.29) is 32.9 Å². The first-order valence-corrected chi connectivity index (χ1v) is 14.3. The average Bonchev–Trinajstić information content (AvgIpc) is 3.50. The number of aryl methyl sites for hydroxylation is 2. The van der Waals surface area contributed by atoms with Gasteiger partial charge >= 0.3 is 12.4 Å². The van der Waals surface area contributed by atoms with Gasteiger partial charge in [0.1, 0.15) is 16.4 Å². The number of fused-ring (bicyclic) bond motifs is 6. The fourth-order valence-corrected chi connectivity index (χ4v) is 6.25. The second-order valence-electron chi connectivity index (χ2n) is 11.3. The van der Waals surface area contributed by atoms with Crippen molar-refractivity contribution in [3.8, 4) is 28.4 Å². The molecule has 1 heterocycles. The third kappa shape index (κ3) is 4.81. The molecule has 0 fully saturated rings. The lowest BCUT2D eigenvalue weighted by molar-refractivity contribution is -0.138. The number of nitrogens with zero attached hydrogens (tertiary/aromatic N) is 6. The fraction of sp³-hybridized carbons (Fsp3) is 0.111. The van der Waals surface area contributed by atoms with Gasteiger partial charge in [-0.1, -0.05) is 48.0 Å². The first-order chi connectivity index (χ1) is 22.8. The maximum atomic E-state index is 14.0. The average molecular weight is 649 g/mol. The van der Waals surface area contributed by atoms with Gasteiger partial charge in [-0.3, -0.25) is 0 Å². The standard InChI is InChI=1S/C36H18F6N6/c1-17-4-8-23(28(12-17)36(40,41)42)20-6-10-25-27(15-20)32(48-44-3)34-31(25)46-33-29(45-16-43)26-14-19(5-9-24(26)30(33)47-34)22-11-7-21(13-18(22)2)35(37,38)39/h4-15H,1-2H3/b45-29?,48-32+. The number of hydrogen-bond donors (Lipinski definition) is 0. The van der Waals surface area contributed by atoms with E-state index in [1.54, 1.807) is 50.4 Å². The van der Waals surface area contributed by atoms with E-state index < -0.39 is 23.5 Å². The number of hydrogen-bond acceptors (Lipinski definition) is 5. The lowest BCUT2D eigenvalue weighted by Crippen LogP contribution is -2.07. The quantitative estimate of drug-likeness (QED) is 0.0812. The second kappa shape index (κ2) is 10.7. The normalized spacial score (nSPS) is 13.2. The number of aromatic nitrogens is 2. The minimum atomic E-state index is -4.60. The van der Waals surface area contributed by atoms with Crippen LogP contribution in [0.5, 0.6) is 0 Å². The van der Waals surface area contributed by atoms with E-state index in [1.807, 2.05) is 0 Å². The molecule has 0 aliphatic carbocycles. The maximum absolute atomic E-state index is 14.0. The van der Waals surface area contributed by atoms with Crippen molar-refractivity contribution in [1.82, 2.24) is 9.97 Å². The SMILES string of the molecule is [C-]#[N+]/N=c1\c2cc(-c3ccc(C)cc3C(F)(F)F)ccc2c2nc3c(=NC#N)c4cc(-c5ccc(C(F)(F)F)cc5C)ccc4c3nc12. The van der Waals surface area contributed by atoms with Crippen molar-refractivity contribution in [3.05, 3.63) is 117 Å². The molecule has 6 aromatic carbocycles. The third-order valence-electron chi connectivity index (χ3n) is 8.37. The van der Waals surface area contributed by atoms with Crippen LogP contribution in [-0.4, -0.2) is 9.97 Å². The molecular formula is C36H18F6N6. The number of benzene rings is 4. The van der Waals surface area contributed by atoms with E-state index in [4.69, 9.17) is 16.5 Å². The molecule has 0 saturated heterocycles. The molecule has 0 radical (unpaired) electrons. The summed E-state index contributed by atoms with van der Waals surface area (Å²) in [6.07, 6.45) is -7.30. The number of nitriles is 1. The first-order valence-electron chi connectivity index (χ1n) is 14.3. The zero-order valence-corrected chi connectivity index (χ0v) is 24.9. The first kappa shape index (κ1) is 30.5.